The zero-order valence-corrected chi connectivity index (χ0v) is 2.79. The largest absolute Gasteiger partial charge is 0.306 e. The van der Waals surface area contributed by atoms with Crippen molar-refractivity contribution >= 4 is 11.1 Å². The van der Waals surface area contributed by atoms with E-state index < -0.39 is 17.3 Å². The third-order valence-corrected chi connectivity index (χ3v) is 0. The fourth-order valence-corrected chi connectivity index (χ4v) is 0. The average molecular weight is 81.1 g/mol. The van der Waals surface area contributed by atoms with Gasteiger partial charge in [0.05, 0.1) is 0 Å². The van der Waals surface area contributed by atoms with E-state index in [1.165, 1.54) is 0 Å². The van der Waals surface area contributed by atoms with Crippen molar-refractivity contribution in [2.24, 2.45) is 0 Å². The van der Waals surface area contributed by atoms with Gasteiger partial charge in [-0.25, -0.2) is 4.21 Å². The van der Waals surface area contributed by atoms with Crippen LogP contribution in [0.5, 0.6) is 0 Å². The molecule has 2 nitrogen and oxygen atoms in total. The van der Waals surface area contributed by atoms with Gasteiger partial charge < -0.3 is 4.55 Å². The van der Waals surface area contributed by atoms with E-state index >= 15 is 0 Å². The Morgan fingerprint density at radius 3 is 2.75 bits per heavy atom. The Morgan fingerprint density at radius 1 is 2.50 bits per heavy atom. The Bertz CT molecular complexity index is 44.9. The third kappa shape index (κ3) is 215. The van der Waals surface area contributed by atoms with Crippen LogP contribution in [0.25, 0.3) is 0 Å². The van der Waals surface area contributed by atoms with Crippen LogP contribution in [0.2, 0.25) is 0 Å². The third-order valence-electron chi connectivity index (χ3n) is 0. The molecule has 0 saturated carbocycles. The molecule has 0 aliphatic heterocycles. The Kier molecular flexibility index (Phi) is 0.842. The zero-order valence-electron chi connectivity index (χ0n) is 2.97. The quantitative estimate of drug-likeness (QED) is 0.411. The van der Waals surface area contributed by atoms with Crippen LogP contribution in [0.15, 0.2) is 0 Å². The van der Waals surface area contributed by atoms with Crippen LogP contribution in [0.1, 0.15) is 1.37 Å². The Hall–Kier alpha value is 0.110. The van der Waals surface area contributed by atoms with E-state index in [1.807, 2.05) is 0 Å². The average Bonchev–Trinajstić information content (AvgIpc) is 1.38. The van der Waals surface area contributed by atoms with Gasteiger partial charge in [-0.3, -0.25) is 0 Å². The second-order valence-electron chi connectivity index (χ2n) is 0.321. The molecule has 0 aliphatic carbocycles. The van der Waals surface area contributed by atoms with Crippen LogP contribution in [0.3, 0.4) is 0 Å². The predicted molar refractivity (Wildman–Crippen MR) is 16.7 cm³/mol. The first-order valence-corrected chi connectivity index (χ1v) is 1.91. The van der Waals surface area contributed by atoms with Gasteiger partial charge in [-0.15, -0.1) is 0 Å². The van der Waals surface area contributed by atoms with E-state index in [0.717, 1.165) is 0 Å². The first kappa shape index (κ1) is 2.35. The fraction of sp³-hybridized carbons (Fsp3) is 1.00. The van der Waals surface area contributed by atoms with Crippen LogP contribution in [-0.2, 0) is 11.1 Å². The molecule has 0 fully saturated rings. The van der Waals surface area contributed by atoms with Gasteiger partial charge in [0.2, 0.25) is 0 Å². The van der Waals surface area contributed by atoms with E-state index in [0.29, 0.717) is 0 Å². The highest BCUT2D eigenvalue weighted by Gasteiger charge is 1.59. The summed E-state index contributed by atoms with van der Waals surface area (Å²) in [6, 6.07) is 0. The summed E-state index contributed by atoms with van der Waals surface area (Å²) < 4.78 is 23.0. The minimum Gasteiger partial charge on any atom is -0.306 e. The van der Waals surface area contributed by atoms with Crippen molar-refractivity contribution in [2.75, 3.05) is 6.23 Å². The van der Waals surface area contributed by atoms with Gasteiger partial charge in [0, 0.05) is 7.60 Å². The number of hydrogen-bond donors (Lipinski definition) is 1. The summed E-state index contributed by atoms with van der Waals surface area (Å²) in [4.78, 5) is 0. The molecular weight excluding hydrogens is 76.1 g/mol. The standard InChI is InChI=1S/CH4O2S/c1-4(2)3/h1H3,(H,2,3)/i1D. The summed E-state index contributed by atoms with van der Waals surface area (Å²) in [6.45, 7) is 0. The van der Waals surface area contributed by atoms with Crippen LogP contribution in [0.4, 0.5) is 0 Å². The fourth-order valence-electron chi connectivity index (χ4n) is 0. The molecule has 0 rings (SSSR count). The van der Waals surface area contributed by atoms with Gasteiger partial charge in [0.15, 0.2) is 0 Å². The van der Waals surface area contributed by atoms with Gasteiger partial charge in [-0.2, -0.15) is 0 Å². The molecule has 1 N–H and O–H groups in total. The van der Waals surface area contributed by atoms with Gasteiger partial charge in [-0.05, 0) is 0 Å². The highest BCUT2D eigenvalue weighted by atomic mass is 32.2. The molecule has 0 bridgehead atoms. The summed E-state index contributed by atoms with van der Waals surface area (Å²) in [5, 5.41) is 0. The number of rotatable bonds is 0. The van der Waals surface area contributed by atoms with Crippen LogP contribution in [-0.4, -0.2) is 15.0 Å². The highest BCUT2D eigenvalue weighted by Crippen LogP contribution is 1.45. The lowest BCUT2D eigenvalue weighted by atomic mass is 12.0. The second kappa shape index (κ2) is 1.43. The smallest absolute Gasteiger partial charge is 0.149 e. The molecule has 0 aliphatic rings. The molecule has 26 valence electrons. The van der Waals surface area contributed by atoms with Crippen LogP contribution >= 0.6 is 0 Å². The molecule has 1 unspecified atom stereocenters. The number of hydrogen-bond acceptors (Lipinski definition) is 1. The monoisotopic (exact) mass is 81.0 g/mol. The lowest BCUT2D eigenvalue weighted by Crippen LogP contribution is -1.72. The van der Waals surface area contributed by atoms with Crippen molar-refractivity contribution in [2.45, 2.75) is 0 Å². The van der Waals surface area contributed by atoms with Crippen molar-refractivity contribution in [3.8, 4) is 0 Å². The van der Waals surface area contributed by atoms with E-state index in [1.54, 1.807) is 0 Å². The minimum atomic E-state index is -1.91. The van der Waals surface area contributed by atoms with Crippen molar-refractivity contribution in [1.82, 2.24) is 0 Å². The molecule has 0 aromatic carbocycles. The molecule has 0 spiro atoms. The Morgan fingerprint density at radius 2 is 2.75 bits per heavy atom. The van der Waals surface area contributed by atoms with Crippen molar-refractivity contribution in [3.05, 3.63) is 0 Å². The van der Waals surface area contributed by atoms with Crippen molar-refractivity contribution in [3.63, 3.8) is 0 Å². The molecule has 0 heterocycles. The van der Waals surface area contributed by atoms with Crippen molar-refractivity contribution in [1.29, 1.82) is 0 Å². The lowest BCUT2D eigenvalue weighted by Gasteiger charge is -1.60. The molecule has 3 heteroatoms. The summed E-state index contributed by atoms with van der Waals surface area (Å²) >= 11 is -1.91. The zero-order chi connectivity index (χ0) is 4.28. The van der Waals surface area contributed by atoms with Gasteiger partial charge >= 0.3 is 0 Å². The van der Waals surface area contributed by atoms with Crippen molar-refractivity contribution < 1.29 is 10.1 Å². The van der Waals surface area contributed by atoms with E-state index in [9.17, 15) is 4.21 Å². The minimum absolute atomic E-state index is 0.417. The summed E-state index contributed by atoms with van der Waals surface area (Å²) in [7, 11) is 0. The SMILES string of the molecule is [2H]CS(=O)O. The van der Waals surface area contributed by atoms with Crippen LogP contribution in [0, 0.1) is 0 Å². The predicted octanol–water partition coefficient (Wildman–Crippen LogP) is -0.162. The molecule has 0 saturated heterocycles. The molecule has 4 heavy (non-hydrogen) atoms. The Labute approximate surface area is 28.5 Å². The molecule has 0 aromatic rings. The van der Waals surface area contributed by atoms with Gasteiger partial charge in [-0.1, -0.05) is 0 Å². The molecule has 1 atom stereocenters. The maximum atomic E-state index is 9.29. The van der Waals surface area contributed by atoms with Gasteiger partial charge in [0.25, 0.3) is 0 Å². The van der Waals surface area contributed by atoms with Gasteiger partial charge in [0.1, 0.15) is 11.1 Å². The topological polar surface area (TPSA) is 37.3 Å². The maximum Gasteiger partial charge on any atom is 0.149 e. The normalized spacial score (nSPS) is 18.8. The second-order valence-corrected chi connectivity index (χ2v) is 0.964. The summed E-state index contributed by atoms with van der Waals surface area (Å²) in [5.74, 6) is 0. The first-order chi connectivity index (χ1) is 2.27. The maximum absolute atomic E-state index is 9.29. The highest BCUT2D eigenvalue weighted by molar-refractivity contribution is 7.78. The first-order valence-electron chi connectivity index (χ1n) is 1.35. The summed E-state index contributed by atoms with van der Waals surface area (Å²) in [6.07, 6.45) is -0.417. The Balaban J connectivity index is 2.85. The van der Waals surface area contributed by atoms with E-state index in [2.05, 4.69) is 0 Å². The summed E-state index contributed by atoms with van der Waals surface area (Å²) in [5.41, 5.74) is 0. The van der Waals surface area contributed by atoms with Crippen LogP contribution < -0.4 is 0 Å². The molecule has 0 radical (unpaired) electrons. The van der Waals surface area contributed by atoms with E-state index in [4.69, 9.17) is 5.92 Å². The molecule has 0 aromatic heterocycles. The lowest BCUT2D eigenvalue weighted by molar-refractivity contribution is 0.571. The molecular formula is CH4O2S. The van der Waals surface area contributed by atoms with E-state index in [-0.39, 0.29) is 0 Å². The molecule has 0 amide bonds.